The van der Waals surface area contributed by atoms with Gasteiger partial charge in [-0.3, -0.25) is 19.4 Å². The number of aromatic hydroxyl groups is 1. The number of benzene rings is 3. The molecule has 396 valence electrons. The maximum Gasteiger partial charge on any atom is 0.319 e. The Hall–Kier alpha value is -6.85. The number of thiazole rings is 1. The molecule has 4 fully saturated rings. The molecule has 0 spiro atoms. The quantitative estimate of drug-likeness (QED) is 0.0571. The van der Waals surface area contributed by atoms with Crippen molar-refractivity contribution in [2.24, 2.45) is 11.1 Å². The Morgan fingerprint density at radius 3 is 2.36 bits per heavy atom. The number of fused-ring (bicyclic) bond motifs is 4. The summed E-state index contributed by atoms with van der Waals surface area (Å²) in [7, 11) is 0. The molecule has 75 heavy (non-hydrogen) atoms. The molecule has 0 radical (unpaired) electrons. The van der Waals surface area contributed by atoms with Gasteiger partial charge in [0.05, 0.1) is 33.1 Å². The Morgan fingerprint density at radius 1 is 1.00 bits per heavy atom. The second-order valence-electron chi connectivity index (χ2n) is 20.9. The van der Waals surface area contributed by atoms with Gasteiger partial charge in [0.1, 0.15) is 34.7 Å². The fourth-order valence-electron chi connectivity index (χ4n) is 10.1. The Morgan fingerprint density at radius 2 is 1.73 bits per heavy atom. The van der Waals surface area contributed by atoms with Gasteiger partial charge in [0, 0.05) is 87.9 Å². The zero-order valence-electron chi connectivity index (χ0n) is 43.0. The first-order chi connectivity index (χ1) is 36.0. The number of primary amides is 1. The van der Waals surface area contributed by atoms with Crippen LogP contribution in [0.3, 0.4) is 0 Å². The van der Waals surface area contributed by atoms with Crippen LogP contribution in [0.1, 0.15) is 89.0 Å². The molecule has 7 heterocycles. The van der Waals surface area contributed by atoms with Gasteiger partial charge in [0.2, 0.25) is 18.2 Å². The number of phenols is 1. The fraction of sp³-hybridized carbons (Fsp3) is 0.446. The molecular weight excluding hydrogens is 979 g/mol. The first-order valence-electron chi connectivity index (χ1n) is 25.6. The number of aromatic nitrogens is 4. The summed E-state index contributed by atoms with van der Waals surface area (Å²) >= 11 is 1.64. The predicted octanol–water partition coefficient (Wildman–Crippen LogP) is 7.24. The largest absolute Gasteiger partial charge is 0.508 e. The fourth-order valence-corrected chi connectivity index (χ4v) is 11.0. The van der Waals surface area contributed by atoms with Crippen molar-refractivity contribution >= 4 is 57.1 Å². The van der Waals surface area contributed by atoms with Crippen molar-refractivity contribution in [1.29, 1.82) is 0 Å². The maximum absolute atomic E-state index is 16.7. The maximum atomic E-state index is 16.7. The number of aliphatic hydroxyl groups excluding tert-OH is 1. The molecule has 0 aliphatic carbocycles. The lowest BCUT2D eigenvalue weighted by atomic mass is 9.92. The second-order valence-corrected chi connectivity index (χ2v) is 21.8. The van der Waals surface area contributed by atoms with Crippen molar-refractivity contribution < 1.29 is 38.1 Å². The number of anilines is 1. The van der Waals surface area contributed by atoms with E-state index in [0.717, 1.165) is 69.5 Å². The van der Waals surface area contributed by atoms with E-state index in [2.05, 4.69) is 74.2 Å². The second kappa shape index (κ2) is 24.2. The highest BCUT2D eigenvalue weighted by atomic mass is 32.1. The summed E-state index contributed by atoms with van der Waals surface area (Å²) in [6.07, 6.45) is 13.4. The Labute approximate surface area is 440 Å². The number of rotatable bonds is 13. The van der Waals surface area contributed by atoms with Gasteiger partial charge in [0.25, 0.3) is 0 Å². The standard InChI is InChI=1S/C34H35F2N7O3.C12H12N2OS.C10H19NO2/c1-2-24-27(35)8-5-19-14-22(44)15-25(29(19)24)31-30(36)32-26(16-38-31)33(43-17-20-6-7-21(18-43)39-20)41-34(40-32)46-23-9-12-42(13-10-23)11-3-4-28(37)45;1-9-12(16-8-14-9)11-4-2-10(3-5-11)6-13-7-15;1-10(2,3)6-9(13)11-5-4-8(12)7-11/h1,5,8,14-16,20-21,23,39,44H,3-4,6-7,9-13,17-18H2,(H2,37,45);2-5,7-8H,6H2,1H3,(H,13,15);8,12H,4-7H2,1-3H3. The summed E-state index contributed by atoms with van der Waals surface area (Å²) in [6, 6.07) is 14.3. The van der Waals surface area contributed by atoms with Crippen LogP contribution in [0.2, 0.25) is 0 Å². The molecule has 3 unspecified atom stereocenters. The molecule has 4 aliphatic heterocycles. The number of carbonyl (C=O) groups excluding carboxylic acids is 3. The van der Waals surface area contributed by atoms with Gasteiger partial charge in [-0.25, -0.2) is 13.8 Å². The van der Waals surface area contributed by atoms with E-state index in [0.29, 0.717) is 80.5 Å². The number of nitrogens with one attached hydrogen (secondary N) is 2. The number of piperidine rings is 1. The first-order valence-corrected chi connectivity index (χ1v) is 26.4. The van der Waals surface area contributed by atoms with Gasteiger partial charge >= 0.3 is 6.01 Å². The lowest BCUT2D eigenvalue weighted by molar-refractivity contribution is -0.132. The van der Waals surface area contributed by atoms with Crippen LogP contribution < -0.4 is 26.0 Å². The molecule has 2 bridgehead atoms. The lowest BCUT2D eigenvalue weighted by Crippen LogP contribution is -2.51. The summed E-state index contributed by atoms with van der Waals surface area (Å²) in [6.45, 7) is 13.7. The zero-order chi connectivity index (χ0) is 53.4. The topological polar surface area (TPSA) is 212 Å². The minimum Gasteiger partial charge on any atom is -0.508 e. The Bertz CT molecular complexity index is 3030. The van der Waals surface area contributed by atoms with Gasteiger partial charge in [-0.1, -0.05) is 57.0 Å². The third-order valence-corrected chi connectivity index (χ3v) is 14.8. The highest BCUT2D eigenvalue weighted by Crippen LogP contribution is 2.40. The molecule has 3 atom stereocenters. The number of phenolic OH excluding ortho intramolecular Hbond substituents is 1. The van der Waals surface area contributed by atoms with Gasteiger partial charge < -0.3 is 46.0 Å². The number of terminal acetylenes is 1. The third-order valence-electron chi connectivity index (χ3n) is 13.9. The highest BCUT2D eigenvalue weighted by Gasteiger charge is 2.35. The van der Waals surface area contributed by atoms with E-state index in [4.69, 9.17) is 21.9 Å². The molecule has 6 N–H and O–H groups in total. The van der Waals surface area contributed by atoms with E-state index in [-0.39, 0.29) is 68.9 Å². The number of piperazine rings is 1. The van der Waals surface area contributed by atoms with E-state index in [9.17, 15) is 29.0 Å². The SMILES string of the molecule is C#Cc1c(F)ccc2cc(O)cc(-c3ncc4c(N5CC6CCC(C5)N6)nc(OC5CCN(CCCC(N)=O)CC5)nc4c3F)c12.CC(C)(C)CC(=O)N1CCC(O)C1.Cc1ncsc1-c1ccc(CNC=O)cc1. The minimum absolute atomic E-state index is 0.0231. The first kappa shape index (κ1) is 54.4. The van der Waals surface area contributed by atoms with Crippen molar-refractivity contribution in [3.8, 4) is 45.8 Å². The van der Waals surface area contributed by atoms with Crippen LogP contribution in [0.4, 0.5) is 14.6 Å². The number of ether oxygens (including phenoxy) is 1. The van der Waals surface area contributed by atoms with Crippen LogP contribution in [-0.2, 0) is 20.9 Å². The smallest absolute Gasteiger partial charge is 0.319 e. The highest BCUT2D eigenvalue weighted by molar-refractivity contribution is 7.13. The number of halogens is 2. The zero-order valence-corrected chi connectivity index (χ0v) is 43.8. The molecule has 19 heteroatoms. The van der Waals surface area contributed by atoms with Gasteiger partial charge in [-0.2, -0.15) is 9.97 Å². The number of carbonyl (C=O) groups is 3. The molecule has 10 rings (SSSR count). The molecule has 6 aromatic rings. The minimum atomic E-state index is -0.743. The molecule has 16 nitrogen and oxygen atoms in total. The van der Waals surface area contributed by atoms with Gasteiger partial charge in [0.15, 0.2) is 5.82 Å². The summed E-state index contributed by atoms with van der Waals surface area (Å²) in [4.78, 5) is 58.4. The van der Waals surface area contributed by atoms with E-state index in [1.807, 2.05) is 24.6 Å². The number of amides is 3. The number of hydrogen-bond acceptors (Lipinski definition) is 14. The summed E-state index contributed by atoms with van der Waals surface area (Å²) in [5.74, 6) is 1.29. The number of nitrogens with zero attached hydrogens (tertiary/aromatic N) is 7. The van der Waals surface area contributed by atoms with Crippen LogP contribution in [0, 0.1) is 36.3 Å². The van der Waals surface area contributed by atoms with Crippen LogP contribution in [0.15, 0.2) is 60.2 Å². The summed E-state index contributed by atoms with van der Waals surface area (Å²) in [5, 5.41) is 27.2. The van der Waals surface area contributed by atoms with Crippen LogP contribution in [0.5, 0.6) is 11.8 Å². The number of aryl methyl sites for hydroxylation is 1. The number of hydrogen-bond donors (Lipinski definition) is 5. The van der Waals surface area contributed by atoms with Gasteiger partial charge in [-0.15, -0.1) is 17.8 Å². The molecule has 3 aromatic carbocycles. The van der Waals surface area contributed by atoms with Crippen LogP contribution in [-0.4, -0.2) is 128 Å². The molecule has 4 aliphatic rings. The number of β-amino-alcohol motifs (C(OH)–C–C–N with tert-alkyl or cyclic N) is 1. The molecule has 4 saturated heterocycles. The monoisotopic (exact) mass is 1040 g/mol. The van der Waals surface area contributed by atoms with Gasteiger partial charge in [-0.05, 0) is 92.1 Å². The number of pyridine rings is 1. The lowest BCUT2D eigenvalue weighted by Gasteiger charge is -2.35. The van der Waals surface area contributed by atoms with Crippen LogP contribution in [0.25, 0.3) is 43.4 Å². The number of aliphatic hydroxyl groups is 1. The molecule has 3 aromatic heterocycles. The average Bonchev–Trinajstić information content (AvgIpc) is 4.12. The van der Waals surface area contributed by atoms with Crippen molar-refractivity contribution in [1.82, 2.24) is 40.4 Å². The van der Waals surface area contributed by atoms with Crippen LogP contribution >= 0.6 is 11.3 Å². The van der Waals surface area contributed by atoms with E-state index in [1.165, 1.54) is 40.9 Å². The Balaban J connectivity index is 0.000000209. The van der Waals surface area contributed by atoms with Crippen molar-refractivity contribution in [3.63, 3.8) is 0 Å². The van der Waals surface area contributed by atoms with E-state index >= 15 is 4.39 Å². The number of likely N-dealkylation sites (tertiary alicyclic amines) is 2. The third kappa shape index (κ3) is 13.7. The van der Waals surface area contributed by atoms with Crippen molar-refractivity contribution in [3.05, 3.63) is 88.7 Å². The summed E-state index contributed by atoms with van der Waals surface area (Å²) < 4.78 is 37.9. The molecular formula is C56H66F2N10O6S. The van der Waals surface area contributed by atoms with Crippen molar-refractivity contribution in [2.75, 3.05) is 50.7 Å². The average molecular weight is 1050 g/mol. The van der Waals surface area contributed by atoms with E-state index < -0.39 is 11.6 Å². The Kier molecular flexibility index (Phi) is 17.6. The summed E-state index contributed by atoms with van der Waals surface area (Å²) in [5.41, 5.74) is 10.5. The van der Waals surface area contributed by atoms with Crippen molar-refractivity contribution in [2.45, 2.75) is 110 Å². The van der Waals surface area contributed by atoms with E-state index in [1.54, 1.807) is 16.2 Å². The normalized spacial score (nSPS) is 18.7. The molecule has 3 amide bonds. The predicted molar refractivity (Wildman–Crippen MR) is 287 cm³/mol. The molecule has 0 saturated carbocycles. The number of nitrogens with two attached hydrogens (primary N) is 1.